The summed E-state index contributed by atoms with van der Waals surface area (Å²) >= 11 is 0. The maximum absolute atomic E-state index is 9.72. The third kappa shape index (κ3) is 3.12. The van der Waals surface area contributed by atoms with Gasteiger partial charge in [0.1, 0.15) is 0 Å². The van der Waals surface area contributed by atoms with Crippen LogP contribution in [0.3, 0.4) is 0 Å². The number of nitrogens with zero attached hydrogens (tertiary/aromatic N) is 1. The molecule has 0 heterocycles. The van der Waals surface area contributed by atoms with Crippen molar-refractivity contribution in [2.24, 2.45) is 0 Å². The van der Waals surface area contributed by atoms with Crippen LogP contribution in [0.4, 0.5) is 0 Å². The molecule has 0 aliphatic rings. The van der Waals surface area contributed by atoms with E-state index in [1.807, 2.05) is 6.07 Å². The van der Waals surface area contributed by atoms with E-state index >= 15 is 0 Å². The van der Waals surface area contributed by atoms with Crippen molar-refractivity contribution in [3.8, 4) is 11.8 Å². The molecule has 0 amide bonds. The smallest absolute Gasteiger partial charge is 0.170 e. The third-order valence-electron chi connectivity index (χ3n) is 1.14. The molecule has 0 N–H and O–H groups in total. The van der Waals surface area contributed by atoms with Gasteiger partial charge in [-0.3, -0.25) is 0 Å². The minimum atomic E-state index is 0. The first-order valence-electron chi connectivity index (χ1n) is 2.91. The Morgan fingerprint density at radius 2 is 1.92 bits per heavy atom. The van der Waals surface area contributed by atoms with Crippen molar-refractivity contribution < 1.29 is 42.2 Å². The summed E-state index contributed by atoms with van der Waals surface area (Å²) in [5, 5.41) is 8.39. The topological polar surface area (TPSA) is 50.1 Å². The van der Waals surface area contributed by atoms with Crippen LogP contribution in [-0.4, -0.2) is 6.47 Å². The monoisotopic (exact) mass is 235 g/mol. The number of hydrogen-bond donors (Lipinski definition) is 0. The van der Waals surface area contributed by atoms with Gasteiger partial charge in [-0.2, -0.15) is 5.26 Å². The Labute approximate surface area is 95.2 Å². The second-order valence-electron chi connectivity index (χ2n) is 1.82. The molecule has 0 unspecified atom stereocenters. The summed E-state index contributed by atoms with van der Waals surface area (Å²) in [6.07, 6.45) is 0. The summed E-state index contributed by atoms with van der Waals surface area (Å²) in [5.41, 5.74) is 0.531. The van der Waals surface area contributed by atoms with Gasteiger partial charge in [0.25, 0.3) is 0 Å². The van der Waals surface area contributed by atoms with Crippen molar-refractivity contribution in [3.63, 3.8) is 0 Å². The third-order valence-corrected chi connectivity index (χ3v) is 1.14. The molecule has 0 fully saturated rings. The van der Waals surface area contributed by atoms with E-state index in [4.69, 9.17) is 5.26 Å². The minimum absolute atomic E-state index is 0. The van der Waals surface area contributed by atoms with Gasteiger partial charge in [0.15, 0.2) is 6.47 Å². The Kier molecular flexibility index (Phi) is 5.52. The summed E-state index contributed by atoms with van der Waals surface area (Å²) in [6.45, 7) is 1.29. The van der Waals surface area contributed by atoms with Crippen molar-refractivity contribution in [2.75, 3.05) is 0 Å². The summed E-state index contributed by atoms with van der Waals surface area (Å²) in [4.78, 5) is 9.72. The van der Waals surface area contributed by atoms with Gasteiger partial charge >= 0.3 is 0 Å². The molecule has 0 atom stereocenters. The van der Waals surface area contributed by atoms with Crippen molar-refractivity contribution in [3.05, 3.63) is 29.8 Å². The summed E-state index contributed by atoms with van der Waals surface area (Å²) in [6, 6.07) is 8.13. The van der Waals surface area contributed by atoms with E-state index < -0.39 is 0 Å². The quantitative estimate of drug-likeness (QED) is 0.718. The first-order valence-corrected chi connectivity index (χ1v) is 2.91. The number of hydrogen-bond acceptors (Lipinski definition) is 3. The normalized spacial score (nSPS) is 7.58. The second-order valence-corrected chi connectivity index (χ2v) is 1.82. The van der Waals surface area contributed by atoms with Crippen LogP contribution >= 0.6 is 0 Å². The fourth-order valence-corrected chi connectivity index (χ4v) is 0.646. The number of carbonyl (C=O) groups excluding carboxylic acids is 1. The largest absolute Gasteiger partial charge is 0.610 e. The molecule has 0 aliphatic carbocycles. The maximum Gasteiger partial charge on any atom is 0.170 e. The molecule has 57 valence electrons. The second kappa shape index (κ2) is 5.87. The van der Waals surface area contributed by atoms with Crippen molar-refractivity contribution in [1.29, 1.82) is 5.26 Å². The first-order chi connectivity index (χ1) is 5.36. The summed E-state index contributed by atoms with van der Waals surface area (Å²) in [5.74, 6) is 0.388. The molecule has 1 aromatic rings. The van der Waals surface area contributed by atoms with E-state index in [-0.39, 0.29) is 32.7 Å². The minimum Gasteiger partial charge on any atom is -0.610 e. The van der Waals surface area contributed by atoms with E-state index in [0.717, 1.165) is 0 Å². The van der Waals surface area contributed by atoms with Crippen LogP contribution in [0, 0.1) is 11.3 Å². The van der Waals surface area contributed by atoms with Crippen LogP contribution in [0.1, 0.15) is 5.56 Å². The molecule has 12 heavy (non-hydrogen) atoms. The molecule has 0 aliphatic heterocycles. The first kappa shape index (κ1) is 11.3. The van der Waals surface area contributed by atoms with Gasteiger partial charge in [0.2, 0.25) is 0 Å². The number of ether oxygens (including phenoxy) is 1. The van der Waals surface area contributed by atoms with Crippen LogP contribution in [-0.2, 0) is 37.5 Å². The van der Waals surface area contributed by atoms with Gasteiger partial charge in [0.05, 0.1) is 6.07 Å². The van der Waals surface area contributed by atoms with Gasteiger partial charge in [-0.1, -0.05) is 12.1 Å². The fraction of sp³-hybridized carbons (Fsp3) is 0. The average Bonchev–Trinajstić information content (AvgIpc) is 2.07. The Morgan fingerprint density at radius 1 is 1.33 bits per heavy atom. The van der Waals surface area contributed by atoms with Gasteiger partial charge in [0, 0.05) is 38.3 Å². The van der Waals surface area contributed by atoms with Crippen LogP contribution in [0.25, 0.3) is 0 Å². The maximum atomic E-state index is 9.72. The van der Waals surface area contributed by atoms with Gasteiger partial charge in [-0.25, -0.2) is 0 Å². The predicted octanol–water partition coefficient (Wildman–Crippen LogP) is 1.00. The number of rotatable bonds is 2. The fourth-order valence-electron chi connectivity index (χ4n) is 0.646. The zero-order valence-electron chi connectivity index (χ0n) is 6.15. The molecule has 1 rings (SSSR count). The Morgan fingerprint density at radius 3 is 2.33 bits per heavy atom. The van der Waals surface area contributed by atoms with Crippen molar-refractivity contribution >= 4 is 6.47 Å². The van der Waals surface area contributed by atoms with Gasteiger partial charge in [-0.15, -0.1) is 12.1 Å². The molecule has 0 saturated carbocycles. The van der Waals surface area contributed by atoms with E-state index in [1.54, 1.807) is 12.1 Å². The Balaban J connectivity index is 0.00000121. The van der Waals surface area contributed by atoms with Crippen molar-refractivity contribution in [1.82, 2.24) is 0 Å². The van der Waals surface area contributed by atoms with Crippen molar-refractivity contribution in [2.45, 2.75) is 0 Å². The molecule has 0 aromatic heterocycles. The van der Waals surface area contributed by atoms with Crippen LogP contribution < -0.4 is 4.74 Å². The predicted molar refractivity (Wildman–Crippen MR) is 37.5 cm³/mol. The van der Waals surface area contributed by atoms with E-state index in [9.17, 15) is 4.79 Å². The molecule has 0 bridgehead atoms. The molecule has 0 spiro atoms. The summed E-state index contributed by atoms with van der Waals surface area (Å²) in [7, 11) is 0. The molecular weight excluding hydrogens is 231 g/mol. The molecular formula is C8H4NO2Y-. The van der Waals surface area contributed by atoms with Crippen LogP contribution in [0.15, 0.2) is 24.3 Å². The molecule has 1 radical (unpaired) electrons. The van der Waals surface area contributed by atoms with E-state index in [2.05, 4.69) is 4.74 Å². The summed E-state index contributed by atoms with van der Waals surface area (Å²) < 4.78 is 4.39. The van der Waals surface area contributed by atoms with Gasteiger partial charge < -0.3 is 9.53 Å². The Bertz CT molecular complexity index is 289. The molecule has 4 heteroatoms. The zero-order valence-corrected chi connectivity index (χ0v) is 8.99. The molecule has 3 nitrogen and oxygen atoms in total. The van der Waals surface area contributed by atoms with Gasteiger partial charge in [-0.05, 0) is 5.75 Å². The van der Waals surface area contributed by atoms with Crippen LogP contribution in [0.5, 0.6) is 5.75 Å². The number of nitriles is 1. The molecule has 1 aromatic carbocycles. The number of benzene rings is 1. The average molecular weight is 235 g/mol. The Hall–Kier alpha value is -0.716. The molecule has 0 saturated heterocycles. The standard InChI is InChI=1S/C8H4NO2.Y/c9-5-7-1-3-8(4-2-7)11-6-10;/h1-4H;/q-1;. The van der Waals surface area contributed by atoms with E-state index in [0.29, 0.717) is 11.3 Å². The SMILES string of the molecule is N#Cc1ccc(O[C-]=O)cc1.[Y]. The zero-order chi connectivity index (χ0) is 8.10. The van der Waals surface area contributed by atoms with Crippen LogP contribution in [0.2, 0.25) is 0 Å². The van der Waals surface area contributed by atoms with E-state index in [1.165, 1.54) is 18.6 Å².